The van der Waals surface area contributed by atoms with Crippen LogP contribution in [-0.4, -0.2) is 93.1 Å². The fourth-order valence-corrected chi connectivity index (χ4v) is 1.93. The maximum Gasteiger partial charge on any atom is 0.189 e. The van der Waals surface area contributed by atoms with Crippen LogP contribution in [0.5, 0.6) is 0 Å². The topological polar surface area (TPSA) is 149 Å². The van der Waals surface area contributed by atoms with E-state index in [-0.39, 0.29) is 13.2 Å². The van der Waals surface area contributed by atoms with Gasteiger partial charge in [-0.25, -0.2) is 0 Å². The lowest BCUT2D eigenvalue weighted by Crippen LogP contribution is -2.59. The van der Waals surface area contributed by atoms with Crippen LogP contribution in [0.4, 0.5) is 0 Å². The number of hydrogen-bond donors (Lipinski definition) is 6. The minimum absolute atomic E-state index is 0.253. The van der Waals surface area contributed by atoms with Gasteiger partial charge in [0.05, 0.1) is 13.2 Å². The van der Waals surface area contributed by atoms with Crippen LogP contribution in [0.15, 0.2) is 0 Å². The van der Waals surface area contributed by atoms with Gasteiger partial charge in [-0.2, -0.15) is 0 Å². The van der Waals surface area contributed by atoms with E-state index in [1.807, 2.05) is 0 Å². The Labute approximate surface area is 108 Å². The van der Waals surface area contributed by atoms with E-state index in [4.69, 9.17) is 14.2 Å². The van der Waals surface area contributed by atoms with Crippen molar-refractivity contribution >= 4 is 0 Å². The minimum Gasteiger partial charge on any atom is -0.388 e. The van der Waals surface area contributed by atoms with E-state index in [0.717, 1.165) is 0 Å². The third-order valence-electron chi connectivity index (χ3n) is 3.18. The van der Waals surface area contributed by atoms with Gasteiger partial charge in [0.25, 0.3) is 0 Å². The standard InChI is InChI=1S/C10H18O9/c11-3-1-17-9(7(15)5(3)13)19-10-8(16)6(14)4(12)2-18-10/h3-16H,1-2H2/t3-,4-,5-,6-,7+,8+,9-,10?/m0/s1. The van der Waals surface area contributed by atoms with E-state index in [2.05, 4.69) is 0 Å². The highest BCUT2D eigenvalue weighted by Gasteiger charge is 2.44. The first kappa shape index (κ1) is 15.0. The number of hydrogen-bond acceptors (Lipinski definition) is 9. The molecule has 2 aliphatic rings. The summed E-state index contributed by atoms with van der Waals surface area (Å²) in [6.45, 7) is -0.506. The van der Waals surface area contributed by atoms with Gasteiger partial charge in [-0.1, -0.05) is 0 Å². The first-order chi connectivity index (χ1) is 8.91. The Balaban J connectivity index is 1.94. The summed E-state index contributed by atoms with van der Waals surface area (Å²) < 4.78 is 15.0. The zero-order valence-electron chi connectivity index (χ0n) is 9.94. The molecular formula is C10H18O9. The zero-order chi connectivity index (χ0) is 14.2. The molecule has 19 heavy (non-hydrogen) atoms. The molecule has 0 saturated carbocycles. The molecule has 0 aromatic carbocycles. The third kappa shape index (κ3) is 3.05. The molecule has 112 valence electrons. The molecule has 0 aliphatic carbocycles. The van der Waals surface area contributed by atoms with Gasteiger partial charge < -0.3 is 44.8 Å². The molecule has 2 fully saturated rings. The third-order valence-corrected chi connectivity index (χ3v) is 3.18. The Hall–Kier alpha value is -0.360. The second-order valence-corrected chi connectivity index (χ2v) is 4.64. The molecule has 0 radical (unpaired) electrons. The van der Waals surface area contributed by atoms with Crippen LogP contribution >= 0.6 is 0 Å². The molecule has 6 N–H and O–H groups in total. The molecule has 0 amide bonds. The van der Waals surface area contributed by atoms with Crippen LogP contribution in [0.2, 0.25) is 0 Å². The number of rotatable bonds is 2. The van der Waals surface area contributed by atoms with E-state index < -0.39 is 49.2 Å². The summed E-state index contributed by atoms with van der Waals surface area (Å²) in [5, 5.41) is 56.7. The van der Waals surface area contributed by atoms with Crippen LogP contribution in [-0.2, 0) is 14.2 Å². The maximum atomic E-state index is 9.63. The van der Waals surface area contributed by atoms with Gasteiger partial charge in [0, 0.05) is 0 Å². The Morgan fingerprint density at radius 1 is 0.632 bits per heavy atom. The summed E-state index contributed by atoms with van der Waals surface area (Å²) in [7, 11) is 0. The summed E-state index contributed by atoms with van der Waals surface area (Å²) in [5.41, 5.74) is 0. The van der Waals surface area contributed by atoms with E-state index in [9.17, 15) is 30.6 Å². The van der Waals surface area contributed by atoms with Crippen molar-refractivity contribution in [3.63, 3.8) is 0 Å². The number of aliphatic hydroxyl groups excluding tert-OH is 6. The molecule has 2 rings (SSSR count). The Morgan fingerprint density at radius 2 is 1.00 bits per heavy atom. The van der Waals surface area contributed by atoms with Gasteiger partial charge in [0.15, 0.2) is 12.6 Å². The van der Waals surface area contributed by atoms with Gasteiger partial charge in [0.1, 0.15) is 36.6 Å². The van der Waals surface area contributed by atoms with Crippen molar-refractivity contribution < 1.29 is 44.8 Å². The SMILES string of the molecule is O[C@@H]1[C@@H](O)[C@H](OC2OC[C@H](O)[C@H](O)[C@H]2O)OC[C@@H]1O. The minimum atomic E-state index is -1.52. The average Bonchev–Trinajstić information content (AvgIpc) is 2.39. The summed E-state index contributed by atoms with van der Waals surface area (Å²) in [6.07, 6.45) is -11.1. The van der Waals surface area contributed by atoms with Crippen LogP contribution in [0, 0.1) is 0 Å². The van der Waals surface area contributed by atoms with Gasteiger partial charge in [-0.05, 0) is 0 Å². The molecular weight excluding hydrogens is 264 g/mol. The van der Waals surface area contributed by atoms with Crippen molar-refractivity contribution in [2.24, 2.45) is 0 Å². The monoisotopic (exact) mass is 282 g/mol. The number of ether oxygens (including phenoxy) is 3. The largest absolute Gasteiger partial charge is 0.388 e. The van der Waals surface area contributed by atoms with Crippen molar-refractivity contribution in [3.05, 3.63) is 0 Å². The summed E-state index contributed by atoms with van der Waals surface area (Å²) in [5.74, 6) is 0. The molecule has 8 atom stereocenters. The predicted molar refractivity (Wildman–Crippen MR) is 56.6 cm³/mol. The predicted octanol–water partition coefficient (Wildman–Crippen LogP) is -4.12. The lowest BCUT2D eigenvalue weighted by molar-refractivity contribution is -0.350. The Kier molecular flexibility index (Phi) is 4.71. The van der Waals surface area contributed by atoms with E-state index in [0.29, 0.717) is 0 Å². The van der Waals surface area contributed by atoms with E-state index in [1.54, 1.807) is 0 Å². The smallest absolute Gasteiger partial charge is 0.189 e. The van der Waals surface area contributed by atoms with Gasteiger partial charge in [-0.3, -0.25) is 0 Å². The van der Waals surface area contributed by atoms with Gasteiger partial charge in [0.2, 0.25) is 0 Å². The molecule has 9 heteroatoms. The number of aliphatic hydroxyl groups is 6. The van der Waals surface area contributed by atoms with Crippen molar-refractivity contribution in [1.29, 1.82) is 0 Å². The molecule has 2 heterocycles. The van der Waals surface area contributed by atoms with Crippen LogP contribution < -0.4 is 0 Å². The van der Waals surface area contributed by atoms with Crippen LogP contribution in [0.25, 0.3) is 0 Å². The quantitative estimate of drug-likeness (QED) is 0.297. The average molecular weight is 282 g/mol. The van der Waals surface area contributed by atoms with Crippen molar-refractivity contribution in [3.8, 4) is 0 Å². The molecule has 2 saturated heterocycles. The highest BCUT2D eigenvalue weighted by atomic mass is 16.8. The lowest BCUT2D eigenvalue weighted by Gasteiger charge is -2.40. The normalized spacial score (nSPS) is 52.1. The van der Waals surface area contributed by atoms with E-state index in [1.165, 1.54) is 0 Å². The van der Waals surface area contributed by atoms with E-state index >= 15 is 0 Å². The highest BCUT2D eigenvalue weighted by Crippen LogP contribution is 2.23. The highest BCUT2D eigenvalue weighted by molar-refractivity contribution is 4.86. The maximum absolute atomic E-state index is 9.63. The zero-order valence-corrected chi connectivity index (χ0v) is 9.94. The molecule has 0 spiro atoms. The summed E-state index contributed by atoms with van der Waals surface area (Å²) in [4.78, 5) is 0. The summed E-state index contributed by atoms with van der Waals surface area (Å²) in [6, 6.07) is 0. The van der Waals surface area contributed by atoms with Crippen molar-refractivity contribution in [1.82, 2.24) is 0 Å². The van der Waals surface area contributed by atoms with Crippen molar-refractivity contribution in [2.75, 3.05) is 13.2 Å². The second kappa shape index (κ2) is 5.95. The van der Waals surface area contributed by atoms with Crippen molar-refractivity contribution in [2.45, 2.75) is 49.2 Å². The van der Waals surface area contributed by atoms with Crippen LogP contribution in [0.1, 0.15) is 0 Å². The summed E-state index contributed by atoms with van der Waals surface area (Å²) >= 11 is 0. The molecule has 0 aromatic heterocycles. The Morgan fingerprint density at radius 3 is 1.37 bits per heavy atom. The molecule has 9 nitrogen and oxygen atoms in total. The fraction of sp³-hybridized carbons (Fsp3) is 1.00. The van der Waals surface area contributed by atoms with Crippen LogP contribution in [0.3, 0.4) is 0 Å². The molecule has 0 bridgehead atoms. The fourth-order valence-electron chi connectivity index (χ4n) is 1.93. The van der Waals surface area contributed by atoms with Gasteiger partial charge >= 0.3 is 0 Å². The first-order valence-electron chi connectivity index (χ1n) is 5.89. The Bertz CT molecular complexity index is 273. The molecule has 1 unspecified atom stereocenters. The lowest BCUT2D eigenvalue weighted by atomic mass is 10.0. The van der Waals surface area contributed by atoms with Gasteiger partial charge in [-0.15, -0.1) is 0 Å². The molecule has 0 aromatic rings. The molecule has 2 aliphatic heterocycles. The second-order valence-electron chi connectivity index (χ2n) is 4.64. The first-order valence-corrected chi connectivity index (χ1v) is 5.89.